The molecule has 0 amide bonds. The van der Waals surface area contributed by atoms with Gasteiger partial charge in [0.25, 0.3) is 0 Å². The highest BCUT2D eigenvalue weighted by molar-refractivity contribution is 5.80. The molecule has 0 bridgehead atoms. The Morgan fingerprint density at radius 3 is 2.70 bits per heavy atom. The number of hydrogen-bond donors (Lipinski definition) is 2. The minimum absolute atomic E-state index is 0.223. The molecule has 0 aliphatic heterocycles. The van der Waals surface area contributed by atoms with Gasteiger partial charge >= 0.3 is 0 Å². The molecule has 7 heteroatoms. The summed E-state index contributed by atoms with van der Waals surface area (Å²) in [5.74, 6) is 2.23. The quantitative estimate of drug-likeness (QED) is 0.337. The van der Waals surface area contributed by atoms with Crippen molar-refractivity contribution in [1.82, 2.24) is 9.97 Å². The molecule has 1 heterocycles. The highest BCUT2D eigenvalue weighted by Crippen LogP contribution is 2.15. The lowest BCUT2D eigenvalue weighted by Gasteiger charge is -2.26. The maximum atomic E-state index is 8.63. The van der Waals surface area contributed by atoms with E-state index in [-0.39, 0.29) is 5.84 Å². The molecule has 0 atom stereocenters. The molecule has 112 valence electrons. The highest BCUT2D eigenvalue weighted by atomic mass is 16.4. The predicted octanol–water partition coefficient (Wildman–Crippen LogP) is 1.14. The first-order valence-corrected chi connectivity index (χ1v) is 6.65. The zero-order valence-corrected chi connectivity index (χ0v) is 12.6. The van der Waals surface area contributed by atoms with Crippen LogP contribution in [-0.2, 0) is 0 Å². The second-order valence-electron chi connectivity index (χ2n) is 5.29. The number of amidine groups is 1. The molecule has 1 aromatic heterocycles. The molecule has 0 radical (unpaired) electrons. The molecule has 0 fully saturated rings. The van der Waals surface area contributed by atoms with Crippen LogP contribution in [0, 0.1) is 5.92 Å². The third-order valence-corrected chi connectivity index (χ3v) is 2.70. The number of nitrogens with zero attached hydrogens (tertiary/aromatic N) is 5. The van der Waals surface area contributed by atoms with Crippen molar-refractivity contribution in [2.75, 3.05) is 37.0 Å². The fourth-order valence-corrected chi connectivity index (χ4v) is 1.77. The number of anilines is 2. The van der Waals surface area contributed by atoms with Gasteiger partial charge in [0, 0.05) is 39.8 Å². The van der Waals surface area contributed by atoms with E-state index < -0.39 is 0 Å². The summed E-state index contributed by atoms with van der Waals surface area (Å²) in [7, 11) is 3.81. The van der Waals surface area contributed by atoms with Gasteiger partial charge in [-0.25, -0.2) is 4.98 Å². The number of oxime groups is 1. The average molecular weight is 280 g/mol. The van der Waals surface area contributed by atoms with Crippen LogP contribution in [0.5, 0.6) is 0 Å². The van der Waals surface area contributed by atoms with Gasteiger partial charge in [-0.2, -0.15) is 4.98 Å². The Morgan fingerprint density at radius 1 is 1.45 bits per heavy atom. The van der Waals surface area contributed by atoms with E-state index in [1.807, 2.05) is 25.1 Å². The van der Waals surface area contributed by atoms with E-state index in [0.29, 0.717) is 24.8 Å². The minimum atomic E-state index is 0.223. The monoisotopic (exact) mass is 280 g/mol. The Morgan fingerprint density at radius 2 is 2.15 bits per heavy atom. The smallest absolute Gasteiger partial charge is 0.226 e. The Bertz CT molecular complexity index is 446. The van der Waals surface area contributed by atoms with Gasteiger partial charge in [-0.3, -0.25) is 0 Å². The third-order valence-electron chi connectivity index (χ3n) is 2.70. The Balaban J connectivity index is 2.89. The Kier molecular flexibility index (Phi) is 6.02. The van der Waals surface area contributed by atoms with Crippen molar-refractivity contribution in [3.63, 3.8) is 0 Å². The molecule has 0 aliphatic carbocycles. The molecule has 1 rings (SSSR count). The number of hydrogen-bond acceptors (Lipinski definition) is 6. The van der Waals surface area contributed by atoms with Crippen molar-refractivity contribution in [2.45, 2.75) is 20.3 Å². The lowest BCUT2D eigenvalue weighted by atomic mass is 10.2. The van der Waals surface area contributed by atoms with Crippen molar-refractivity contribution in [1.29, 1.82) is 0 Å². The predicted molar refractivity (Wildman–Crippen MR) is 81.4 cm³/mol. The first kappa shape index (κ1) is 16.0. The van der Waals surface area contributed by atoms with E-state index in [1.165, 1.54) is 0 Å². The maximum absolute atomic E-state index is 8.63. The van der Waals surface area contributed by atoms with Gasteiger partial charge in [0.1, 0.15) is 11.7 Å². The Hall–Kier alpha value is -2.05. The molecule has 0 spiro atoms. The fraction of sp³-hybridized carbons (Fsp3) is 0.615. The fourth-order valence-electron chi connectivity index (χ4n) is 1.77. The molecule has 20 heavy (non-hydrogen) atoms. The number of rotatable bonds is 7. The summed E-state index contributed by atoms with van der Waals surface area (Å²) in [6.45, 7) is 5.79. The molecule has 0 saturated carbocycles. The van der Waals surface area contributed by atoms with E-state index in [9.17, 15) is 0 Å². The third kappa shape index (κ3) is 4.91. The minimum Gasteiger partial charge on any atom is -0.409 e. The SMILES string of the molecule is CC(C)CN(CCC(N)=NO)c1ccnc(N(C)C)n1. The van der Waals surface area contributed by atoms with E-state index in [1.54, 1.807) is 6.20 Å². The lowest BCUT2D eigenvalue weighted by molar-refractivity contribution is 0.317. The molecule has 0 aromatic carbocycles. The van der Waals surface area contributed by atoms with Gasteiger partial charge in [-0.1, -0.05) is 19.0 Å². The first-order valence-electron chi connectivity index (χ1n) is 6.65. The van der Waals surface area contributed by atoms with Gasteiger partial charge in [0.15, 0.2) is 0 Å². The van der Waals surface area contributed by atoms with Crippen LogP contribution in [0.25, 0.3) is 0 Å². The van der Waals surface area contributed by atoms with Crippen LogP contribution < -0.4 is 15.5 Å². The topological polar surface area (TPSA) is 90.9 Å². The van der Waals surface area contributed by atoms with Crippen molar-refractivity contribution in [3.05, 3.63) is 12.3 Å². The van der Waals surface area contributed by atoms with Crippen molar-refractivity contribution in [2.24, 2.45) is 16.8 Å². The summed E-state index contributed by atoms with van der Waals surface area (Å²) in [5.41, 5.74) is 5.54. The van der Waals surface area contributed by atoms with Gasteiger partial charge in [-0.05, 0) is 12.0 Å². The van der Waals surface area contributed by atoms with Gasteiger partial charge in [0.05, 0.1) is 0 Å². The van der Waals surface area contributed by atoms with E-state index >= 15 is 0 Å². The van der Waals surface area contributed by atoms with Crippen LogP contribution >= 0.6 is 0 Å². The molecule has 7 nitrogen and oxygen atoms in total. The van der Waals surface area contributed by atoms with Crippen LogP contribution in [0.3, 0.4) is 0 Å². The van der Waals surface area contributed by atoms with Crippen LogP contribution in [-0.4, -0.2) is 48.2 Å². The van der Waals surface area contributed by atoms with Crippen LogP contribution in [0.15, 0.2) is 17.4 Å². The van der Waals surface area contributed by atoms with Crippen molar-refractivity contribution in [3.8, 4) is 0 Å². The summed E-state index contributed by atoms with van der Waals surface area (Å²) in [6, 6.07) is 1.88. The van der Waals surface area contributed by atoms with Crippen molar-refractivity contribution >= 4 is 17.6 Å². The average Bonchev–Trinajstić information content (AvgIpc) is 2.42. The molecular formula is C13H24N6O. The molecule has 0 aliphatic rings. The molecular weight excluding hydrogens is 256 g/mol. The summed E-state index contributed by atoms with van der Waals surface area (Å²) in [5, 5.41) is 11.6. The second kappa shape index (κ2) is 7.52. The summed E-state index contributed by atoms with van der Waals surface area (Å²) < 4.78 is 0. The summed E-state index contributed by atoms with van der Waals surface area (Å²) in [4.78, 5) is 12.7. The van der Waals surface area contributed by atoms with Gasteiger partial charge in [-0.15, -0.1) is 0 Å². The molecule has 3 N–H and O–H groups in total. The van der Waals surface area contributed by atoms with Crippen molar-refractivity contribution < 1.29 is 5.21 Å². The van der Waals surface area contributed by atoms with Gasteiger partial charge < -0.3 is 20.7 Å². The second-order valence-corrected chi connectivity index (χ2v) is 5.29. The highest BCUT2D eigenvalue weighted by Gasteiger charge is 2.12. The zero-order chi connectivity index (χ0) is 15.1. The van der Waals surface area contributed by atoms with E-state index in [4.69, 9.17) is 10.9 Å². The molecule has 0 saturated heterocycles. The molecule has 0 unspecified atom stereocenters. The van der Waals surface area contributed by atoms with Crippen LogP contribution in [0.4, 0.5) is 11.8 Å². The van der Waals surface area contributed by atoms with E-state index in [0.717, 1.165) is 12.4 Å². The van der Waals surface area contributed by atoms with E-state index in [2.05, 4.69) is 33.9 Å². The standard InChI is InChI=1S/C13H24N6O/c1-10(2)9-19(8-6-11(14)17-20)12-5-7-15-13(16-12)18(3)4/h5,7,10,20H,6,8-9H2,1-4H3,(H2,14,17). The van der Waals surface area contributed by atoms with Gasteiger partial charge in [0.2, 0.25) is 5.95 Å². The first-order chi connectivity index (χ1) is 9.43. The molecule has 1 aromatic rings. The lowest BCUT2D eigenvalue weighted by Crippen LogP contribution is -2.32. The number of nitrogens with two attached hydrogens (primary N) is 1. The normalized spacial score (nSPS) is 11.8. The number of aromatic nitrogens is 2. The summed E-state index contributed by atoms with van der Waals surface area (Å²) >= 11 is 0. The van der Waals surface area contributed by atoms with Crippen LogP contribution in [0.2, 0.25) is 0 Å². The van der Waals surface area contributed by atoms with Crippen LogP contribution in [0.1, 0.15) is 20.3 Å². The Labute approximate surface area is 120 Å². The zero-order valence-electron chi connectivity index (χ0n) is 12.6. The largest absolute Gasteiger partial charge is 0.409 e. The summed E-state index contributed by atoms with van der Waals surface area (Å²) in [6.07, 6.45) is 2.24. The maximum Gasteiger partial charge on any atom is 0.226 e.